The molecule has 158 valence electrons. The molecule has 0 saturated carbocycles. The molecule has 0 aliphatic carbocycles. The van der Waals surface area contributed by atoms with Gasteiger partial charge in [0.1, 0.15) is 5.69 Å². The van der Waals surface area contributed by atoms with Gasteiger partial charge in [0.25, 0.3) is 0 Å². The fourth-order valence-electron chi connectivity index (χ4n) is 3.17. The Bertz CT molecular complexity index is 882. The Morgan fingerprint density at radius 3 is 2.03 bits per heavy atom. The summed E-state index contributed by atoms with van der Waals surface area (Å²) in [6.45, 7) is 2.05. The Morgan fingerprint density at radius 2 is 1.53 bits per heavy atom. The number of aromatic nitrogens is 1. The molecule has 5 N–H and O–H groups in total. The number of hydrogen-bond acceptors (Lipinski definition) is 4. The predicted molar refractivity (Wildman–Crippen MR) is 116 cm³/mol. The number of carbonyl (C=O) groups is 1. The van der Waals surface area contributed by atoms with Gasteiger partial charge in [-0.15, -0.1) is 0 Å². The van der Waals surface area contributed by atoms with E-state index < -0.39 is 6.09 Å². The van der Waals surface area contributed by atoms with Crippen LogP contribution in [0.3, 0.4) is 0 Å². The SMILES string of the molecule is CCOC(=O)Nc1ccc(NC(Cc2ccccc2)Cc2ccccc2)[nH+]c1N.[Cl-]. The van der Waals surface area contributed by atoms with Crippen LogP contribution in [0.2, 0.25) is 0 Å². The van der Waals surface area contributed by atoms with Crippen LogP contribution in [0.4, 0.5) is 22.1 Å². The van der Waals surface area contributed by atoms with Gasteiger partial charge in [-0.1, -0.05) is 60.7 Å². The summed E-state index contributed by atoms with van der Waals surface area (Å²) in [5.41, 5.74) is 9.08. The van der Waals surface area contributed by atoms with Crippen molar-refractivity contribution in [3.8, 4) is 0 Å². The summed E-state index contributed by atoms with van der Waals surface area (Å²) in [4.78, 5) is 14.7. The quantitative estimate of drug-likeness (QED) is 0.499. The average Bonchev–Trinajstić information content (AvgIpc) is 2.72. The number of carbonyl (C=O) groups excluding carboxylic acids is 1. The molecule has 0 bridgehead atoms. The summed E-state index contributed by atoms with van der Waals surface area (Å²) >= 11 is 0. The van der Waals surface area contributed by atoms with Crippen LogP contribution in [0.5, 0.6) is 0 Å². The van der Waals surface area contributed by atoms with E-state index in [-0.39, 0.29) is 18.4 Å². The average molecular weight is 427 g/mol. The fourth-order valence-corrected chi connectivity index (χ4v) is 3.17. The first-order chi connectivity index (χ1) is 14.1. The van der Waals surface area contributed by atoms with Gasteiger partial charge in [0.05, 0.1) is 12.6 Å². The van der Waals surface area contributed by atoms with E-state index >= 15 is 0 Å². The zero-order valence-electron chi connectivity index (χ0n) is 16.9. The zero-order valence-corrected chi connectivity index (χ0v) is 17.7. The molecule has 0 radical (unpaired) electrons. The van der Waals surface area contributed by atoms with E-state index in [1.54, 1.807) is 13.0 Å². The highest BCUT2D eigenvalue weighted by Gasteiger charge is 2.17. The van der Waals surface area contributed by atoms with E-state index in [4.69, 9.17) is 10.5 Å². The zero-order chi connectivity index (χ0) is 20.5. The largest absolute Gasteiger partial charge is 1.00 e. The number of amides is 1. The minimum Gasteiger partial charge on any atom is -1.00 e. The number of nitrogen functional groups attached to an aromatic ring is 1. The standard InChI is InChI=1S/C23H26N4O2.ClH/c1-2-29-23(28)26-20-13-14-21(27-22(20)24)25-19(15-17-9-5-3-6-10-17)16-18-11-7-4-8-12-18;/h3-14,19H,2,15-16H2,1H3,(H,26,28)(H3,24,25,27);1H. The number of halogens is 1. The van der Waals surface area contributed by atoms with Crippen LogP contribution in [0, 0.1) is 0 Å². The van der Waals surface area contributed by atoms with E-state index in [2.05, 4.69) is 64.1 Å². The van der Waals surface area contributed by atoms with Crippen LogP contribution < -0.4 is 33.8 Å². The Kier molecular flexibility index (Phi) is 8.97. The number of benzene rings is 2. The number of rotatable bonds is 8. The number of anilines is 3. The lowest BCUT2D eigenvalue weighted by Gasteiger charge is -2.17. The Balaban J connectivity index is 0.00000320. The van der Waals surface area contributed by atoms with Gasteiger partial charge in [-0.2, -0.15) is 0 Å². The lowest BCUT2D eigenvalue weighted by Crippen LogP contribution is -3.00. The number of pyridine rings is 1. The molecular formula is C23H27ClN4O2. The molecule has 0 fully saturated rings. The minimum absolute atomic E-state index is 0. The van der Waals surface area contributed by atoms with Gasteiger partial charge < -0.3 is 28.2 Å². The first-order valence-corrected chi connectivity index (χ1v) is 9.74. The molecule has 0 aliphatic heterocycles. The summed E-state index contributed by atoms with van der Waals surface area (Å²) in [6, 6.07) is 24.5. The van der Waals surface area contributed by atoms with Crippen molar-refractivity contribution in [2.45, 2.75) is 25.8 Å². The van der Waals surface area contributed by atoms with Gasteiger partial charge in [-0.25, -0.2) is 9.78 Å². The molecule has 2 aromatic carbocycles. The van der Waals surface area contributed by atoms with Crippen molar-refractivity contribution >= 4 is 23.4 Å². The number of nitrogens with two attached hydrogens (primary N) is 1. The first kappa shape index (κ1) is 23.0. The van der Waals surface area contributed by atoms with Crippen LogP contribution in [-0.4, -0.2) is 18.7 Å². The van der Waals surface area contributed by atoms with Crippen LogP contribution in [-0.2, 0) is 17.6 Å². The van der Waals surface area contributed by atoms with E-state index in [1.807, 2.05) is 18.2 Å². The molecule has 0 saturated heterocycles. The molecule has 0 spiro atoms. The molecule has 30 heavy (non-hydrogen) atoms. The van der Waals surface area contributed by atoms with Crippen molar-refractivity contribution in [3.63, 3.8) is 0 Å². The van der Waals surface area contributed by atoms with Crippen molar-refractivity contribution < 1.29 is 26.9 Å². The highest BCUT2D eigenvalue weighted by Crippen LogP contribution is 2.17. The van der Waals surface area contributed by atoms with E-state index in [0.717, 1.165) is 18.7 Å². The molecule has 1 amide bonds. The van der Waals surface area contributed by atoms with Crippen LogP contribution in [0.25, 0.3) is 0 Å². The molecule has 0 aliphatic rings. The maximum atomic E-state index is 11.6. The topological polar surface area (TPSA) is 90.5 Å². The van der Waals surface area contributed by atoms with Crippen LogP contribution in [0.15, 0.2) is 72.8 Å². The summed E-state index contributed by atoms with van der Waals surface area (Å²) in [5.74, 6) is 1.15. The van der Waals surface area contributed by atoms with Crippen molar-refractivity contribution in [3.05, 3.63) is 83.9 Å². The molecule has 0 atom stereocenters. The number of ether oxygens (including phenoxy) is 1. The number of H-pyrrole nitrogens is 1. The molecule has 1 aromatic heterocycles. The van der Waals surface area contributed by atoms with Crippen molar-refractivity contribution in [2.24, 2.45) is 0 Å². The highest BCUT2D eigenvalue weighted by atomic mass is 35.5. The minimum atomic E-state index is -0.528. The molecular weight excluding hydrogens is 400 g/mol. The second-order valence-electron chi connectivity index (χ2n) is 6.77. The van der Waals surface area contributed by atoms with E-state index in [0.29, 0.717) is 18.1 Å². The normalized spacial score (nSPS) is 10.2. The lowest BCUT2D eigenvalue weighted by atomic mass is 9.99. The molecule has 0 unspecified atom stereocenters. The number of hydrogen-bond donors (Lipinski definition) is 3. The molecule has 6 nitrogen and oxygen atoms in total. The third-order valence-corrected chi connectivity index (χ3v) is 4.50. The first-order valence-electron chi connectivity index (χ1n) is 9.74. The van der Waals surface area contributed by atoms with E-state index in [9.17, 15) is 4.79 Å². The lowest BCUT2D eigenvalue weighted by molar-refractivity contribution is -0.342. The van der Waals surface area contributed by atoms with Gasteiger partial charge in [0.2, 0.25) is 11.6 Å². The summed E-state index contributed by atoms with van der Waals surface area (Å²) in [5, 5.41) is 6.17. The van der Waals surface area contributed by atoms with E-state index in [1.165, 1.54) is 11.1 Å². The number of aromatic amines is 1. The Hall–Kier alpha value is -3.25. The van der Waals surface area contributed by atoms with Crippen LogP contribution >= 0.6 is 0 Å². The second kappa shape index (κ2) is 11.7. The summed E-state index contributed by atoms with van der Waals surface area (Å²) in [6.07, 6.45) is 1.21. The third kappa shape index (κ3) is 6.97. The molecule has 1 heterocycles. The van der Waals surface area contributed by atoms with Crippen molar-refractivity contribution in [1.82, 2.24) is 0 Å². The van der Waals surface area contributed by atoms with Crippen molar-refractivity contribution in [2.75, 3.05) is 23.0 Å². The van der Waals surface area contributed by atoms with Gasteiger partial charge in [0, 0.05) is 18.9 Å². The molecule has 3 rings (SSSR count). The second-order valence-corrected chi connectivity index (χ2v) is 6.77. The monoisotopic (exact) mass is 426 g/mol. The number of nitrogens with one attached hydrogen (secondary N) is 3. The highest BCUT2D eigenvalue weighted by molar-refractivity contribution is 5.87. The molecule has 7 heteroatoms. The predicted octanol–water partition coefficient (Wildman–Crippen LogP) is 0.921. The summed E-state index contributed by atoms with van der Waals surface area (Å²) < 4.78 is 4.89. The third-order valence-electron chi connectivity index (χ3n) is 4.50. The maximum absolute atomic E-state index is 11.6. The van der Waals surface area contributed by atoms with Gasteiger partial charge in [0.15, 0.2) is 0 Å². The van der Waals surface area contributed by atoms with Crippen molar-refractivity contribution in [1.29, 1.82) is 0 Å². The smallest absolute Gasteiger partial charge is 0.411 e. The Morgan fingerprint density at radius 1 is 0.967 bits per heavy atom. The Labute approximate surface area is 183 Å². The van der Waals surface area contributed by atoms with Gasteiger partial charge in [-0.3, -0.25) is 5.32 Å². The molecule has 3 aromatic rings. The van der Waals surface area contributed by atoms with Gasteiger partial charge >= 0.3 is 6.09 Å². The fraction of sp³-hybridized carbons (Fsp3) is 0.217. The summed E-state index contributed by atoms with van der Waals surface area (Å²) in [7, 11) is 0. The van der Waals surface area contributed by atoms with Crippen LogP contribution in [0.1, 0.15) is 18.1 Å². The van der Waals surface area contributed by atoms with Gasteiger partial charge in [-0.05, 0) is 24.1 Å². The maximum Gasteiger partial charge on any atom is 0.411 e.